The maximum atomic E-state index is 12.5. The van der Waals surface area contributed by atoms with Gasteiger partial charge in [0.15, 0.2) is 5.78 Å². The summed E-state index contributed by atoms with van der Waals surface area (Å²) in [6.45, 7) is 5.43. The monoisotopic (exact) mass is 349 g/mol. The zero-order valence-corrected chi connectivity index (χ0v) is 15.7. The molecule has 2 aromatic carbocycles. The van der Waals surface area contributed by atoms with Crippen molar-refractivity contribution in [1.82, 2.24) is 0 Å². The second-order valence-corrected chi connectivity index (χ2v) is 7.21. The van der Waals surface area contributed by atoms with E-state index in [4.69, 9.17) is 0 Å². The number of benzene rings is 2. The number of carbonyl (C=O) groups excluding carboxylic acids is 2. The smallest absolute Gasteiger partial charge is 0.162 e. The van der Waals surface area contributed by atoms with Gasteiger partial charge in [-0.1, -0.05) is 37.3 Å². The molecule has 0 bridgehead atoms. The fourth-order valence-corrected chi connectivity index (χ4v) is 3.98. The van der Waals surface area contributed by atoms with Crippen LogP contribution in [0.2, 0.25) is 0 Å². The second-order valence-electron chi connectivity index (χ2n) is 7.21. The minimum Gasteiger partial charge on any atom is -0.371 e. The van der Waals surface area contributed by atoms with Crippen LogP contribution in [0.1, 0.15) is 55.5 Å². The summed E-state index contributed by atoms with van der Waals surface area (Å²) >= 11 is 0. The number of carbonyl (C=O) groups is 2. The molecule has 2 aromatic rings. The Bertz CT molecular complexity index is 757. The minimum atomic E-state index is -0.366. The lowest BCUT2D eigenvalue weighted by Crippen LogP contribution is -2.46. The molecule has 26 heavy (non-hydrogen) atoms. The molecule has 0 saturated carbocycles. The predicted octanol–water partition coefficient (Wildman–Crippen LogP) is 4.80. The number of hydrogen-bond acceptors (Lipinski definition) is 3. The molecule has 0 unspecified atom stereocenters. The topological polar surface area (TPSA) is 37.4 Å². The highest BCUT2D eigenvalue weighted by Crippen LogP contribution is 2.37. The molecule has 0 aliphatic carbocycles. The van der Waals surface area contributed by atoms with Gasteiger partial charge in [-0.3, -0.25) is 9.59 Å². The van der Waals surface area contributed by atoms with Gasteiger partial charge in [0.05, 0.1) is 5.41 Å². The first-order valence-corrected chi connectivity index (χ1v) is 9.51. The summed E-state index contributed by atoms with van der Waals surface area (Å²) in [5.41, 5.74) is 2.68. The van der Waals surface area contributed by atoms with Crippen LogP contribution in [0.5, 0.6) is 0 Å². The van der Waals surface area contributed by atoms with Crippen molar-refractivity contribution < 1.29 is 9.59 Å². The fourth-order valence-electron chi connectivity index (χ4n) is 3.98. The molecule has 136 valence electrons. The van der Waals surface area contributed by atoms with E-state index in [1.807, 2.05) is 49.4 Å². The highest BCUT2D eigenvalue weighted by molar-refractivity contribution is 5.96. The molecule has 3 nitrogen and oxygen atoms in total. The van der Waals surface area contributed by atoms with Crippen molar-refractivity contribution in [3.05, 3.63) is 65.7 Å². The van der Waals surface area contributed by atoms with Crippen molar-refractivity contribution in [2.75, 3.05) is 18.0 Å². The maximum absolute atomic E-state index is 12.5. The zero-order valence-electron chi connectivity index (χ0n) is 15.7. The molecule has 3 rings (SSSR count). The molecular weight excluding hydrogens is 322 g/mol. The van der Waals surface area contributed by atoms with E-state index < -0.39 is 0 Å². The largest absolute Gasteiger partial charge is 0.371 e. The molecule has 1 aliphatic heterocycles. The van der Waals surface area contributed by atoms with Crippen LogP contribution in [0.15, 0.2) is 54.6 Å². The van der Waals surface area contributed by atoms with Gasteiger partial charge in [-0.25, -0.2) is 0 Å². The summed E-state index contributed by atoms with van der Waals surface area (Å²) in [6, 6.07) is 18.1. The van der Waals surface area contributed by atoms with Crippen molar-refractivity contribution in [3.8, 4) is 0 Å². The molecule has 1 fully saturated rings. The Morgan fingerprint density at radius 3 is 2.12 bits per heavy atom. The molecule has 0 amide bonds. The average Bonchev–Trinajstić information content (AvgIpc) is 2.69. The van der Waals surface area contributed by atoms with Crippen LogP contribution in [0.3, 0.4) is 0 Å². The Morgan fingerprint density at radius 1 is 0.962 bits per heavy atom. The Balaban J connectivity index is 1.73. The van der Waals surface area contributed by atoms with Crippen molar-refractivity contribution >= 4 is 17.3 Å². The normalized spacial score (nSPS) is 16.3. The molecule has 0 atom stereocenters. The van der Waals surface area contributed by atoms with E-state index in [-0.39, 0.29) is 17.0 Å². The predicted molar refractivity (Wildman–Crippen MR) is 106 cm³/mol. The average molecular weight is 349 g/mol. The number of hydrogen-bond donors (Lipinski definition) is 0. The summed E-state index contributed by atoms with van der Waals surface area (Å²) in [5, 5.41) is 0. The Hall–Kier alpha value is -2.42. The van der Waals surface area contributed by atoms with Gasteiger partial charge in [-0.15, -0.1) is 0 Å². The molecule has 1 saturated heterocycles. The number of nitrogens with zero attached hydrogens (tertiary/aromatic N) is 1. The molecule has 1 aliphatic rings. The highest BCUT2D eigenvalue weighted by atomic mass is 16.1. The van der Waals surface area contributed by atoms with Gasteiger partial charge in [0.25, 0.3) is 0 Å². The summed E-state index contributed by atoms with van der Waals surface area (Å²) < 4.78 is 0. The second kappa shape index (κ2) is 7.86. The number of ketones is 2. The summed E-state index contributed by atoms with van der Waals surface area (Å²) in [5.74, 6) is 0.459. The third-order valence-corrected chi connectivity index (χ3v) is 5.65. The SMILES string of the molecule is CCCC(=O)c1ccc(N2CCC(C(C)=O)(c3ccccc3)CC2)cc1. The molecule has 0 radical (unpaired) electrons. The quantitative estimate of drug-likeness (QED) is 0.703. The minimum absolute atomic E-state index is 0.206. The van der Waals surface area contributed by atoms with Crippen LogP contribution >= 0.6 is 0 Å². The molecular formula is C23H27NO2. The number of Topliss-reactive ketones (excluding diaryl/α,β-unsaturated/α-hetero) is 2. The first-order chi connectivity index (χ1) is 12.6. The standard InChI is InChI=1S/C23H27NO2/c1-3-7-22(26)19-10-12-21(13-11-19)24-16-14-23(15-17-24,18(2)25)20-8-5-4-6-9-20/h4-6,8-13H,3,7,14-17H2,1-2H3. The lowest BCUT2D eigenvalue weighted by molar-refractivity contribution is -0.123. The molecule has 0 spiro atoms. The van der Waals surface area contributed by atoms with Gasteiger partial charge in [-0.05, 0) is 56.0 Å². The van der Waals surface area contributed by atoms with E-state index in [1.54, 1.807) is 6.92 Å². The molecule has 0 N–H and O–H groups in total. The first-order valence-electron chi connectivity index (χ1n) is 9.51. The number of rotatable bonds is 6. The van der Waals surface area contributed by atoms with Crippen LogP contribution in [0.25, 0.3) is 0 Å². The van der Waals surface area contributed by atoms with E-state index in [9.17, 15) is 9.59 Å². The summed E-state index contributed by atoms with van der Waals surface area (Å²) in [7, 11) is 0. The zero-order chi connectivity index (χ0) is 18.6. The van der Waals surface area contributed by atoms with Crippen LogP contribution < -0.4 is 4.90 Å². The van der Waals surface area contributed by atoms with Crippen LogP contribution in [-0.2, 0) is 10.2 Å². The summed E-state index contributed by atoms with van der Waals surface area (Å²) in [4.78, 5) is 26.8. The van der Waals surface area contributed by atoms with E-state index in [0.717, 1.165) is 49.2 Å². The maximum Gasteiger partial charge on any atom is 0.162 e. The van der Waals surface area contributed by atoms with Crippen molar-refractivity contribution in [2.45, 2.75) is 44.9 Å². The molecule has 3 heteroatoms. The van der Waals surface area contributed by atoms with Gasteiger partial charge < -0.3 is 4.90 Å². The lowest BCUT2D eigenvalue weighted by atomic mass is 9.70. The van der Waals surface area contributed by atoms with E-state index in [2.05, 4.69) is 17.0 Å². The van der Waals surface area contributed by atoms with Crippen LogP contribution in [-0.4, -0.2) is 24.7 Å². The Kier molecular flexibility index (Phi) is 5.55. The Labute approximate surface area is 156 Å². The number of piperidine rings is 1. The van der Waals surface area contributed by atoms with Crippen LogP contribution in [0.4, 0.5) is 5.69 Å². The van der Waals surface area contributed by atoms with Gasteiger partial charge >= 0.3 is 0 Å². The lowest BCUT2D eigenvalue weighted by Gasteiger charge is -2.41. The van der Waals surface area contributed by atoms with Crippen molar-refractivity contribution in [3.63, 3.8) is 0 Å². The highest BCUT2D eigenvalue weighted by Gasteiger charge is 2.40. The van der Waals surface area contributed by atoms with E-state index in [0.29, 0.717) is 6.42 Å². The van der Waals surface area contributed by atoms with E-state index in [1.165, 1.54) is 0 Å². The van der Waals surface area contributed by atoms with E-state index >= 15 is 0 Å². The third kappa shape index (κ3) is 3.57. The van der Waals surface area contributed by atoms with Gasteiger partial charge in [-0.2, -0.15) is 0 Å². The van der Waals surface area contributed by atoms with Gasteiger partial charge in [0.2, 0.25) is 0 Å². The first kappa shape index (κ1) is 18.4. The van der Waals surface area contributed by atoms with Gasteiger partial charge in [0, 0.05) is 30.8 Å². The number of anilines is 1. The Morgan fingerprint density at radius 2 is 1.58 bits per heavy atom. The summed E-state index contributed by atoms with van der Waals surface area (Å²) in [6.07, 6.45) is 3.12. The van der Waals surface area contributed by atoms with Crippen LogP contribution in [0, 0.1) is 0 Å². The fraction of sp³-hybridized carbons (Fsp3) is 0.391. The molecule has 0 aromatic heterocycles. The third-order valence-electron chi connectivity index (χ3n) is 5.65. The van der Waals surface area contributed by atoms with Crippen molar-refractivity contribution in [2.24, 2.45) is 0 Å². The van der Waals surface area contributed by atoms with Crippen molar-refractivity contribution in [1.29, 1.82) is 0 Å². The van der Waals surface area contributed by atoms with Gasteiger partial charge in [0.1, 0.15) is 5.78 Å². The molecule has 1 heterocycles.